The van der Waals surface area contributed by atoms with Gasteiger partial charge in [0.15, 0.2) is 0 Å². The maximum atomic E-state index is 11.9. The van der Waals surface area contributed by atoms with Crippen LogP contribution in [0, 0.1) is 6.92 Å². The first kappa shape index (κ1) is 13.2. The molecular formula is C13H17N5O. The van der Waals surface area contributed by atoms with Crippen molar-refractivity contribution >= 4 is 5.91 Å². The molecule has 19 heavy (non-hydrogen) atoms. The normalized spacial score (nSPS) is 12.2. The van der Waals surface area contributed by atoms with Gasteiger partial charge >= 0.3 is 0 Å². The molecule has 0 radical (unpaired) electrons. The number of aryl methyl sites for hydroxylation is 2. The van der Waals surface area contributed by atoms with E-state index in [0.29, 0.717) is 12.1 Å². The Balaban J connectivity index is 1.96. The number of amides is 1. The molecule has 1 unspecified atom stereocenters. The van der Waals surface area contributed by atoms with Crippen molar-refractivity contribution in [2.75, 3.05) is 0 Å². The second-order valence-electron chi connectivity index (χ2n) is 4.44. The van der Waals surface area contributed by atoms with Crippen molar-refractivity contribution < 1.29 is 4.79 Å². The Morgan fingerprint density at radius 1 is 1.53 bits per heavy atom. The van der Waals surface area contributed by atoms with Crippen LogP contribution in [0.1, 0.15) is 22.7 Å². The van der Waals surface area contributed by atoms with Gasteiger partial charge < -0.3 is 11.1 Å². The zero-order chi connectivity index (χ0) is 13.8. The van der Waals surface area contributed by atoms with Gasteiger partial charge in [-0.2, -0.15) is 5.10 Å². The highest BCUT2D eigenvalue weighted by Gasteiger charge is 2.17. The molecule has 2 aromatic heterocycles. The summed E-state index contributed by atoms with van der Waals surface area (Å²) < 4.78 is 1.62. The Morgan fingerprint density at radius 2 is 2.32 bits per heavy atom. The Bertz CT molecular complexity index is 578. The van der Waals surface area contributed by atoms with Gasteiger partial charge in [-0.25, -0.2) is 0 Å². The molecule has 0 saturated carbocycles. The molecule has 2 heterocycles. The summed E-state index contributed by atoms with van der Waals surface area (Å²) in [4.78, 5) is 16.0. The molecule has 0 bridgehead atoms. The largest absolute Gasteiger partial charge is 0.350 e. The number of carbonyl (C=O) groups excluding carboxylic acids is 1. The lowest BCUT2D eigenvalue weighted by atomic mass is 10.1. The maximum absolute atomic E-state index is 11.9. The van der Waals surface area contributed by atoms with Gasteiger partial charge in [-0.3, -0.25) is 14.5 Å². The molecular weight excluding hydrogens is 242 g/mol. The number of nitrogens with zero attached hydrogens (tertiary/aromatic N) is 3. The highest BCUT2D eigenvalue weighted by molar-refractivity contribution is 5.82. The number of aromatic nitrogens is 3. The fraction of sp³-hybridized carbons (Fsp3) is 0.308. The second kappa shape index (κ2) is 5.62. The number of carbonyl (C=O) groups is 1. The van der Waals surface area contributed by atoms with Crippen molar-refractivity contribution in [3.05, 3.63) is 47.5 Å². The lowest BCUT2D eigenvalue weighted by Crippen LogP contribution is -2.33. The van der Waals surface area contributed by atoms with Gasteiger partial charge in [0.2, 0.25) is 5.91 Å². The lowest BCUT2D eigenvalue weighted by molar-refractivity contribution is -0.122. The van der Waals surface area contributed by atoms with E-state index in [1.165, 1.54) is 0 Å². The number of nitrogens with two attached hydrogens (primary N) is 1. The van der Waals surface area contributed by atoms with Crippen molar-refractivity contribution in [3.8, 4) is 0 Å². The van der Waals surface area contributed by atoms with Crippen LogP contribution < -0.4 is 11.1 Å². The molecule has 0 spiro atoms. The molecule has 0 aliphatic carbocycles. The minimum absolute atomic E-state index is 0.226. The van der Waals surface area contributed by atoms with Gasteiger partial charge in [-0.05, 0) is 24.1 Å². The van der Waals surface area contributed by atoms with Gasteiger partial charge in [0, 0.05) is 37.7 Å². The predicted octanol–water partition coefficient (Wildman–Crippen LogP) is 0.440. The van der Waals surface area contributed by atoms with Crippen LogP contribution in [0.25, 0.3) is 0 Å². The van der Waals surface area contributed by atoms with Crippen LogP contribution in [0.3, 0.4) is 0 Å². The predicted molar refractivity (Wildman–Crippen MR) is 71.0 cm³/mol. The van der Waals surface area contributed by atoms with Gasteiger partial charge in [0.05, 0.1) is 6.20 Å². The average Bonchev–Trinajstić information content (AvgIpc) is 2.83. The smallest absolute Gasteiger partial charge is 0.241 e. The summed E-state index contributed by atoms with van der Waals surface area (Å²) in [6, 6.07) is 1.20. The van der Waals surface area contributed by atoms with Crippen LogP contribution in [0.4, 0.5) is 0 Å². The SMILES string of the molecule is Cc1ccncc1CNC(=O)C(N)c1cnn(C)c1. The fourth-order valence-electron chi connectivity index (χ4n) is 1.73. The van der Waals surface area contributed by atoms with Gasteiger partial charge in [-0.1, -0.05) is 0 Å². The first-order valence-corrected chi connectivity index (χ1v) is 5.99. The molecule has 0 aliphatic rings. The molecule has 1 atom stereocenters. The van der Waals surface area contributed by atoms with Crippen LogP contribution >= 0.6 is 0 Å². The van der Waals surface area contributed by atoms with E-state index in [1.807, 2.05) is 13.0 Å². The summed E-state index contributed by atoms with van der Waals surface area (Å²) in [6.07, 6.45) is 6.80. The van der Waals surface area contributed by atoms with Gasteiger partial charge in [0.1, 0.15) is 6.04 Å². The van der Waals surface area contributed by atoms with Crippen molar-refractivity contribution in [2.24, 2.45) is 12.8 Å². The summed E-state index contributed by atoms with van der Waals surface area (Å²) >= 11 is 0. The van der Waals surface area contributed by atoms with Crippen LogP contribution in [-0.4, -0.2) is 20.7 Å². The van der Waals surface area contributed by atoms with Crippen LogP contribution in [-0.2, 0) is 18.4 Å². The number of pyridine rings is 1. The van der Waals surface area contributed by atoms with Crippen LogP contribution in [0.5, 0.6) is 0 Å². The molecule has 3 N–H and O–H groups in total. The third-order valence-corrected chi connectivity index (χ3v) is 2.97. The summed E-state index contributed by atoms with van der Waals surface area (Å²) in [5.74, 6) is -0.226. The van der Waals surface area contributed by atoms with Gasteiger partial charge in [0.25, 0.3) is 0 Å². The monoisotopic (exact) mass is 259 g/mol. The van der Waals surface area contributed by atoms with Crippen LogP contribution in [0.2, 0.25) is 0 Å². The topological polar surface area (TPSA) is 85.8 Å². The molecule has 6 nitrogen and oxygen atoms in total. The Kier molecular flexibility index (Phi) is 3.91. The number of hydrogen-bond acceptors (Lipinski definition) is 4. The third kappa shape index (κ3) is 3.17. The van der Waals surface area contributed by atoms with Crippen LogP contribution in [0.15, 0.2) is 30.9 Å². The quantitative estimate of drug-likeness (QED) is 0.834. The minimum Gasteiger partial charge on any atom is -0.350 e. The summed E-state index contributed by atoms with van der Waals surface area (Å²) in [5, 5.41) is 6.81. The zero-order valence-corrected chi connectivity index (χ0v) is 11.0. The van der Waals surface area contributed by atoms with E-state index >= 15 is 0 Å². The summed E-state index contributed by atoms with van der Waals surface area (Å²) in [7, 11) is 1.78. The molecule has 2 rings (SSSR count). The number of nitrogens with one attached hydrogen (secondary N) is 1. The molecule has 1 amide bonds. The summed E-state index contributed by atoms with van der Waals surface area (Å²) in [5.41, 5.74) is 8.64. The minimum atomic E-state index is -0.703. The van der Waals surface area contributed by atoms with E-state index in [1.54, 1.807) is 36.5 Å². The molecule has 100 valence electrons. The number of hydrogen-bond donors (Lipinski definition) is 2. The molecule has 0 fully saturated rings. The van der Waals surface area contributed by atoms with E-state index in [-0.39, 0.29) is 5.91 Å². The molecule has 0 aromatic carbocycles. The molecule has 0 aliphatic heterocycles. The van der Waals surface area contributed by atoms with E-state index in [4.69, 9.17) is 5.73 Å². The lowest BCUT2D eigenvalue weighted by Gasteiger charge is -2.11. The fourth-order valence-corrected chi connectivity index (χ4v) is 1.73. The second-order valence-corrected chi connectivity index (χ2v) is 4.44. The Hall–Kier alpha value is -2.21. The first-order chi connectivity index (χ1) is 9.08. The molecule has 0 saturated heterocycles. The highest BCUT2D eigenvalue weighted by atomic mass is 16.2. The molecule has 2 aromatic rings. The third-order valence-electron chi connectivity index (χ3n) is 2.97. The Morgan fingerprint density at radius 3 is 2.95 bits per heavy atom. The van der Waals surface area contributed by atoms with Crippen molar-refractivity contribution in [1.82, 2.24) is 20.1 Å². The molecule has 6 heteroatoms. The highest BCUT2D eigenvalue weighted by Crippen LogP contribution is 2.09. The number of rotatable bonds is 4. The first-order valence-electron chi connectivity index (χ1n) is 5.99. The van der Waals surface area contributed by atoms with Crippen molar-refractivity contribution in [2.45, 2.75) is 19.5 Å². The van der Waals surface area contributed by atoms with E-state index < -0.39 is 6.04 Å². The van der Waals surface area contributed by atoms with E-state index in [0.717, 1.165) is 11.1 Å². The van der Waals surface area contributed by atoms with Crippen molar-refractivity contribution in [1.29, 1.82) is 0 Å². The van der Waals surface area contributed by atoms with E-state index in [2.05, 4.69) is 15.4 Å². The zero-order valence-electron chi connectivity index (χ0n) is 11.0. The standard InChI is InChI=1S/C13H17N5O/c1-9-3-4-15-5-10(9)6-16-13(19)12(14)11-7-17-18(2)8-11/h3-5,7-8,12H,6,14H2,1-2H3,(H,16,19). The Labute approximate surface area is 111 Å². The summed E-state index contributed by atoms with van der Waals surface area (Å²) in [6.45, 7) is 2.40. The average molecular weight is 259 g/mol. The maximum Gasteiger partial charge on any atom is 0.241 e. The van der Waals surface area contributed by atoms with Crippen molar-refractivity contribution in [3.63, 3.8) is 0 Å². The van der Waals surface area contributed by atoms with Gasteiger partial charge in [-0.15, -0.1) is 0 Å². The van der Waals surface area contributed by atoms with E-state index in [9.17, 15) is 4.79 Å².